The van der Waals surface area contributed by atoms with Gasteiger partial charge >= 0.3 is 0 Å². The zero-order valence-corrected chi connectivity index (χ0v) is 8.53. The fourth-order valence-electron chi connectivity index (χ4n) is 0.856. The number of nitrogens with zero attached hydrogens (tertiary/aromatic N) is 2. The van der Waals surface area contributed by atoms with Gasteiger partial charge in [-0.2, -0.15) is 0 Å². The van der Waals surface area contributed by atoms with Crippen LogP contribution in [0.15, 0.2) is 5.16 Å². The normalized spacial score (nSPS) is 14.9. The first kappa shape index (κ1) is 12.2. The Morgan fingerprint density at radius 3 is 2.77 bits per heavy atom. The molecule has 0 aromatic heterocycles. The number of amidine groups is 1. The molecule has 0 fully saturated rings. The van der Waals surface area contributed by atoms with Gasteiger partial charge in [-0.3, -0.25) is 4.90 Å². The lowest BCUT2D eigenvalue weighted by Gasteiger charge is -2.22. The van der Waals surface area contributed by atoms with Crippen molar-refractivity contribution in [3.63, 3.8) is 0 Å². The van der Waals surface area contributed by atoms with Gasteiger partial charge in [0.1, 0.15) is 0 Å². The lowest BCUT2D eigenvalue weighted by molar-refractivity contribution is 0.118. The van der Waals surface area contributed by atoms with Gasteiger partial charge < -0.3 is 15.7 Å². The number of hydrogen-bond acceptors (Lipinski definition) is 4. The van der Waals surface area contributed by atoms with Crippen LogP contribution < -0.4 is 5.73 Å². The van der Waals surface area contributed by atoms with E-state index in [0.29, 0.717) is 13.2 Å². The first-order valence-corrected chi connectivity index (χ1v) is 4.38. The lowest BCUT2D eigenvalue weighted by atomic mass is 10.3. The number of hydrogen-bond donors (Lipinski definition) is 2. The highest BCUT2D eigenvalue weighted by atomic mass is 16.5. The monoisotopic (exact) mass is 189 g/mol. The molecule has 0 amide bonds. The first-order valence-electron chi connectivity index (χ1n) is 4.38. The summed E-state index contributed by atoms with van der Waals surface area (Å²) in [6, 6.07) is -0.0644. The Balaban J connectivity index is 3.75. The van der Waals surface area contributed by atoms with Crippen LogP contribution in [0.5, 0.6) is 0 Å². The van der Waals surface area contributed by atoms with Gasteiger partial charge in [0, 0.05) is 13.2 Å². The highest BCUT2D eigenvalue weighted by Gasteiger charge is 2.12. The van der Waals surface area contributed by atoms with E-state index in [9.17, 15) is 0 Å². The molecule has 0 aliphatic carbocycles. The second-order valence-electron chi connectivity index (χ2n) is 2.88. The van der Waals surface area contributed by atoms with Crippen LogP contribution in [-0.2, 0) is 4.74 Å². The molecule has 13 heavy (non-hydrogen) atoms. The molecule has 0 heterocycles. The maximum Gasteiger partial charge on any atom is 0.156 e. The van der Waals surface area contributed by atoms with Gasteiger partial charge in [-0.25, -0.2) is 0 Å². The van der Waals surface area contributed by atoms with Crippen LogP contribution in [0.3, 0.4) is 0 Å². The van der Waals surface area contributed by atoms with Gasteiger partial charge in [0.2, 0.25) is 0 Å². The predicted molar refractivity (Wildman–Crippen MR) is 52.0 cm³/mol. The zero-order chi connectivity index (χ0) is 10.3. The van der Waals surface area contributed by atoms with E-state index < -0.39 is 0 Å². The van der Waals surface area contributed by atoms with E-state index in [1.807, 2.05) is 25.8 Å². The van der Waals surface area contributed by atoms with E-state index in [2.05, 4.69) is 5.16 Å². The summed E-state index contributed by atoms with van der Waals surface area (Å²) in [5.41, 5.74) is 5.44. The average Bonchev–Trinajstić information content (AvgIpc) is 2.15. The van der Waals surface area contributed by atoms with E-state index in [1.165, 1.54) is 0 Å². The van der Waals surface area contributed by atoms with Gasteiger partial charge in [-0.1, -0.05) is 5.16 Å². The molecule has 0 saturated carbocycles. The minimum absolute atomic E-state index is 0.0644. The molecule has 3 N–H and O–H groups in total. The second kappa shape index (κ2) is 6.68. The molecule has 0 aliphatic heterocycles. The summed E-state index contributed by atoms with van der Waals surface area (Å²) < 4.78 is 5.18. The highest BCUT2D eigenvalue weighted by Crippen LogP contribution is 1.94. The summed E-state index contributed by atoms with van der Waals surface area (Å²) in [5, 5.41) is 11.4. The molecule has 1 unspecified atom stereocenters. The second-order valence-corrected chi connectivity index (χ2v) is 2.88. The third-order valence-corrected chi connectivity index (χ3v) is 2.00. The van der Waals surface area contributed by atoms with Crippen LogP contribution in [0.25, 0.3) is 0 Å². The van der Waals surface area contributed by atoms with E-state index in [-0.39, 0.29) is 11.9 Å². The number of nitrogens with two attached hydrogens (primary N) is 1. The molecule has 1 atom stereocenters. The van der Waals surface area contributed by atoms with Crippen molar-refractivity contribution in [1.29, 1.82) is 0 Å². The Morgan fingerprint density at radius 2 is 2.31 bits per heavy atom. The van der Waals surface area contributed by atoms with Gasteiger partial charge in [0.25, 0.3) is 0 Å². The van der Waals surface area contributed by atoms with Gasteiger partial charge in [-0.05, 0) is 20.9 Å². The van der Waals surface area contributed by atoms with Crippen molar-refractivity contribution in [2.24, 2.45) is 10.9 Å². The molecule has 0 rings (SSSR count). The van der Waals surface area contributed by atoms with Crippen molar-refractivity contribution in [1.82, 2.24) is 4.90 Å². The highest BCUT2D eigenvalue weighted by molar-refractivity contribution is 5.84. The molecule has 5 nitrogen and oxygen atoms in total. The molecule has 0 bridgehead atoms. The summed E-state index contributed by atoms with van der Waals surface area (Å²) in [5.74, 6) is 0.221. The van der Waals surface area contributed by atoms with Crippen molar-refractivity contribution in [3.05, 3.63) is 0 Å². The molecule has 0 aliphatic rings. The maximum atomic E-state index is 8.43. The third kappa shape index (κ3) is 4.69. The molecule has 78 valence electrons. The Morgan fingerprint density at radius 1 is 1.69 bits per heavy atom. The van der Waals surface area contributed by atoms with Crippen LogP contribution in [0.1, 0.15) is 13.8 Å². The van der Waals surface area contributed by atoms with Gasteiger partial charge in [0.05, 0.1) is 12.6 Å². The number of ether oxygens (including phenoxy) is 1. The molecular formula is C8H19N3O2. The zero-order valence-electron chi connectivity index (χ0n) is 8.53. The first-order chi connectivity index (χ1) is 6.13. The Labute approximate surface area is 79.2 Å². The van der Waals surface area contributed by atoms with Crippen LogP contribution in [0, 0.1) is 0 Å². The summed E-state index contributed by atoms with van der Waals surface area (Å²) in [6.45, 7) is 5.97. The molecule has 0 saturated heterocycles. The standard InChI is InChI=1S/C8H19N3O2/c1-4-13-6-5-11(3)7(2)8(9)10-12/h7,12H,4-6H2,1-3H3,(H2,9,10). The Bertz CT molecular complexity index is 161. The SMILES string of the molecule is CCOCCN(C)C(C)C(N)=NO. The summed E-state index contributed by atoms with van der Waals surface area (Å²) in [4.78, 5) is 1.96. The minimum Gasteiger partial charge on any atom is -0.409 e. The lowest BCUT2D eigenvalue weighted by Crippen LogP contribution is -2.41. The van der Waals surface area contributed by atoms with Crippen molar-refractivity contribution >= 4 is 5.84 Å². The molecule has 0 spiro atoms. The van der Waals surface area contributed by atoms with E-state index >= 15 is 0 Å². The third-order valence-electron chi connectivity index (χ3n) is 2.00. The summed E-state index contributed by atoms with van der Waals surface area (Å²) in [7, 11) is 1.90. The van der Waals surface area contributed by atoms with Crippen molar-refractivity contribution < 1.29 is 9.94 Å². The van der Waals surface area contributed by atoms with E-state index in [1.54, 1.807) is 0 Å². The fourth-order valence-corrected chi connectivity index (χ4v) is 0.856. The largest absolute Gasteiger partial charge is 0.409 e. The number of rotatable bonds is 6. The number of oxime groups is 1. The topological polar surface area (TPSA) is 71.1 Å². The fraction of sp³-hybridized carbons (Fsp3) is 0.875. The van der Waals surface area contributed by atoms with Crippen LogP contribution in [0.4, 0.5) is 0 Å². The quantitative estimate of drug-likeness (QED) is 0.204. The minimum atomic E-state index is -0.0644. The molecule has 0 aromatic rings. The van der Waals surface area contributed by atoms with Gasteiger partial charge in [-0.15, -0.1) is 0 Å². The summed E-state index contributed by atoms with van der Waals surface area (Å²) >= 11 is 0. The van der Waals surface area contributed by atoms with E-state index in [0.717, 1.165) is 6.54 Å². The van der Waals surface area contributed by atoms with Crippen molar-refractivity contribution in [3.8, 4) is 0 Å². The number of likely N-dealkylation sites (N-methyl/N-ethyl adjacent to an activating group) is 1. The Kier molecular flexibility index (Phi) is 6.26. The molecular weight excluding hydrogens is 170 g/mol. The van der Waals surface area contributed by atoms with E-state index in [4.69, 9.17) is 15.7 Å². The predicted octanol–water partition coefficient (Wildman–Crippen LogP) is 0.0896. The molecule has 0 radical (unpaired) electrons. The van der Waals surface area contributed by atoms with Crippen molar-refractivity contribution in [2.75, 3.05) is 26.8 Å². The maximum absolute atomic E-state index is 8.43. The summed E-state index contributed by atoms with van der Waals surface area (Å²) in [6.07, 6.45) is 0. The van der Waals surface area contributed by atoms with Crippen LogP contribution in [0.2, 0.25) is 0 Å². The van der Waals surface area contributed by atoms with Crippen LogP contribution in [-0.4, -0.2) is 48.8 Å². The Hall–Kier alpha value is -0.810. The van der Waals surface area contributed by atoms with Crippen LogP contribution >= 0.6 is 0 Å². The van der Waals surface area contributed by atoms with Crippen molar-refractivity contribution in [2.45, 2.75) is 19.9 Å². The molecule has 5 heteroatoms. The van der Waals surface area contributed by atoms with Gasteiger partial charge in [0.15, 0.2) is 5.84 Å². The average molecular weight is 189 g/mol. The smallest absolute Gasteiger partial charge is 0.156 e. The molecule has 0 aromatic carbocycles.